The molecule has 1 aliphatic carbocycles. The first-order valence-corrected chi connectivity index (χ1v) is 3.77. The lowest BCUT2D eigenvalue weighted by atomic mass is 9.82. The van der Waals surface area contributed by atoms with Gasteiger partial charge < -0.3 is 0 Å². The van der Waals surface area contributed by atoms with Crippen molar-refractivity contribution in [2.75, 3.05) is 0 Å². The zero-order chi connectivity index (χ0) is 7.11. The van der Waals surface area contributed by atoms with Gasteiger partial charge in [-0.2, -0.15) is 0 Å². The highest BCUT2D eigenvalue weighted by molar-refractivity contribution is 4.67. The Labute approximate surface area is 57.6 Å². The molecule has 0 aromatic carbocycles. The summed E-state index contributed by atoms with van der Waals surface area (Å²) in [4.78, 5) is 0. The minimum atomic E-state index is 1.13. The van der Waals surface area contributed by atoms with Gasteiger partial charge in [0.2, 0.25) is 0 Å². The highest BCUT2D eigenvalue weighted by atomic mass is 15.0. The molecule has 0 spiro atoms. The second kappa shape index (κ2) is 6.05. The van der Waals surface area contributed by atoms with E-state index in [0.717, 1.165) is 5.92 Å². The highest BCUT2D eigenvalue weighted by Gasteiger charge is 2.14. The SMILES string of the molecule is CCCC1CCC1.NN. The summed E-state index contributed by atoms with van der Waals surface area (Å²) in [5.41, 5.74) is 0. The monoisotopic (exact) mass is 130 g/mol. The van der Waals surface area contributed by atoms with E-state index >= 15 is 0 Å². The maximum absolute atomic E-state index is 4.00. The number of rotatable bonds is 2. The van der Waals surface area contributed by atoms with Crippen LogP contribution >= 0.6 is 0 Å². The standard InChI is InChI=1S/C7H14.H4N2/c1-2-4-7-5-3-6-7;1-2/h7H,2-6H2,1H3;1-2H2. The van der Waals surface area contributed by atoms with Crippen LogP contribution in [0.2, 0.25) is 0 Å². The Morgan fingerprint density at radius 1 is 1.33 bits per heavy atom. The van der Waals surface area contributed by atoms with Crippen molar-refractivity contribution < 1.29 is 0 Å². The molecule has 0 heterocycles. The number of hydrazine groups is 1. The summed E-state index contributed by atoms with van der Waals surface area (Å²) in [6, 6.07) is 0. The maximum atomic E-state index is 4.00. The number of nitrogens with two attached hydrogens (primary N) is 2. The topological polar surface area (TPSA) is 52.0 Å². The van der Waals surface area contributed by atoms with Gasteiger partial charge >= 0.3 is 0 Å². The minimum Gasteiger partial charge on any atom is -0.274 e. The summed E-state index contributed by atoms with van der Waals surface area (Å²) in [5, 5.41) is 0. The average Bonchev–Trinajstić information content (AvgIpc) is 1.84. The van der Waals surface area contributed by atoms with Gasteiger partial charge in [0, 0.05) is 0 Å². The normalized spacial score (nSPS) is 17.7. The fourth-order valence-corrected chi connectivity index (χ4v) is 1.19. The zero-order valence-electron chi connectivity index (χ0n) is 6.27. The molecular formula is C7H18N2. The lowest BCUT2D eigenvalue weighted by molar-refractivity contribution is 0.294. The van der Waals surface area contributed by atoms with Crippen LogP contribution in [0.15, 0.2) is 0 Å². The van der Waals surface area contributed by atoms with Crippen molar-refractivity contribution in [1.82, 2.24) is 0 Å². The van der Waals surface area contributed by atoms with Crippen molar-refractivity contribution in [2.24, 2.45) is 17.6 Å². The van der Waals surface area contributed by atoms with Gasteiger partial charge in [-0.05, 0) is 5.92 Å². The van der Waals surface area contributed by atoms with Crippen LogP contribution in [0.3, 0.4) is 0 Å². The first-order valence-electron chi connectivity index (χ1n) is 3.77. The summed E-state index contributed by atoms with van der Waals surface area (Å²) in [5.74, 6) is 9.13. The molecule has 1 rings (SSSR count). The van der Waals surface area contributed by atoms with Gasteiger partial charge in [-0.15, -0.1) is 0 Å². The molecule has 0 bridgehead atoms. The van der Waals surface area contributed by atoms with E-state index in [1.165, 1.54) is 32.1 Å². The van der Waals surface area contributed by atoms with E-state index in [1.54, 1.807) is 0 Å². The van der Waals surface area contributed by atoms with E-state index in [0.29, 0.717) is 0 Å². The summed E-state index contributed by atoms with van der Waals surface area (Å²) in [6.07, 6.45) is 7.43. The Kier molecular flexibility index (Phi) is 5.99. The summed E-state index contributed by atoms with van der Waals surface area (Å²) < 4.78 is 0. The fraction of sp³-hybridized carbons (Fsp3) is 1.00. The molecule has 0 saturated heterocycles. The Morgan fingerprint density at radius 3 is 2.00 bits per heavy atom. The first-order chi connectivity index (χ1) is 4.43. The predicted molar refractivity (Wildman–Crippen MR) is 40.6 cm³/mol. The van der Waals surface area contributed by atoms with Gasteiger partial charge in [-0.25, -0.2) is 0 Å². The van der Waals surface area contributed by atoms with Gasteiger partial charge in [0.25, 0.3) is 0 Å². The Morgan fingerprint density at radius 2 is 1.89 bits per heavy atom. The fourth-order valence-electron chi connectivity index (χ4n) is 1.19. The molecule has 4 N–H and O–H groups in total. The van der Waals surface area contributed by atoms with E-state index in [1.807, 2.05) is 0 Å². The Balaban J connectivity index is 0.000000291. The predicted octanol–water partition coefficient (Wildman–Crippen LogP) is 1.41. The largest absolute Gasteiger partial charge is 0.274 e. The molecule has 0 aromatic rings. The van der Waals surface area contributed by atoms with E-state index < -0.39 is 0 Å². The number of hydrogen-bond donors (Lipinski definition) is 2. The van der Waals surface area contributed by atoms with Gasteiger partial charge in [0.05, 0.1) is 0 Å². The third kappa shape index (κ3) is 3.49. The van der Waals surface area contributed by atoms with Gasteiger partial charge in [-0.1, -0.05) is 39.0 Å². The van der Waals surface area contributed by atoms with Crippen LogP contribution in [-0.4, -0.2) is 0 Å². The molecule has 9 heavy (non-hydrogen) atoms. The number of hydrogen-bond acceptors (Lipinski definition) is 2. The first kappa shape index (κ1) is 8.92. The molecule has 2 nitrogen and oxygen atoms in total. The molecule has 0 radical (unpaired) electrons. The molecular weight excluding hydrogens is 112 g/mol. The van der Waals surface area contributed by atoms with E-state index in [4.69, 9.17) is 0 Å². The summed E-state index contributed by atoms with van der Waals surface area (Å²) >= 11 is 0. The van der Waals surface area contributed by atoms with Crippen LogP contribution in [0.1, 0.15) is 39.0 Å². The molecule has 0 atom stereocenters. The van der Waals surface area contributed by atoms with Crippen molar-refractivity contribution in [2.45, 2.75) is 39.0 Å². The molecule has 1 aliphatic rings. The molecule has 56 valence electrons. The van der Waals surface area contributed by atoms with Gasteiger partial charge in [0.15, 0.2) is 0 Å². The van der Waals surface area contributed by atoms with Gasteiger partial charge in [0.1, 0.15) is 0 Å². The molecule has 0 unspecified atom stereocenters. The lowest BCUT2D eigenvalue weighted by Crippen LogP contribution is -2.09. The highest BCUT2D eigenvalue weighted by Crippen LogP contribution is 2.29. The third-order valence-electron chi connectivity index (χ3n) is 1.92. The van der Waals surface area contributed by atoms with Crippen LogP contribution in [0.25, 0.3) is 0 Å². The summed E-state index contributed by atoms with van der Waals surface area (Å²) in [6.45, 7) is 2.28. The van der Waals surface area contributed by atoms with Crippen molar-refractivity contribution in [3.8, 4) is 0 Å². The zero-order valence-corrected chi connectivity index (χ0v) is 6.27. The van der Waals surface area contributed by atoms with Crippen LogP contribution in [0, 0.1) is 5.92 Å². The van der Waals surface area contributed by atoms with E-state index in [-0.39, 0.29) is 0 Å². The second-order valence-corrected chi connectivity index (χ2v) is 2.59. The van der Waals surface area contributed by atoms with Crippen LogP contribution < -0.4 is 11.7 Å². The molecule has 0 aliphatic heterocycles. The van der Waals surface area contributed by atoms with Crippen molar-refractivity contribution in [1.29, 1.82) is 0 Å². The smallest absolute Gasteiger partial charge is 0.0414 e. The van der Waals surface area contributed by atoms with Crippen LogP contribution in [0.4, 0.5) is 0 Å². The Hall–Kier alpha value is -0.0800. The van der Waals surface area contributed by atoms with Crippen molar-refractivity contribution in [3.63, 3.8) is 0 Å². The van der Waals surface area contributed by atoms with Crippen LogP contribution in [-0.2, 0) is 0 Å². The summed E-state index contributed by atoms with van der Waals surface area (Å²) in [7, 11) is 0. The Bertz CT molecular complexity index is 50.9. The van der Waals surface area contributed by atoms with Crippen molar-refractivity contribution >= 4 is 0 Å². The molecule has 2 heteroatoms. The third-order valence-corrected chi connectivity index (χ3v) is 1.92. The molecule has 0 amide bonds. The van der Waals surface area contributed by atoms with Crippen molar-refractivity contribution in [3.05, 3.63) is 0 Å². The van der Waals surface area contributed by atoms with Gasteiger partial charge in [-0.3, -0.25) is 11.7 Å². The van der Waals surface area contributed by atoms with E-state index in [9.17, 15) is 0 Å². The van der Waals surface area contributed by atoms with E-state index in [2.05, 4.69) is 18.6 Å². The van der Waals surface area contributed by atoms with Crippen LogP contribution in [0.5, 0.6) is 0 Å². The minimum absolute atomic E-state index is 1.13. The average molecular weight is 130 g/mol. The quantitative estimate of drug-likeness (QED) is 0.438. The lowest BCUT2D eigenvalue weighted by Gasteiger charge is -2.24. The molecule has 0 aromatic heterocycles. The second-order valence-electron chi connectivity index (χ2n) is 2.59. The molecule has 1 fully saturated rings. The molecule has 1 saturated carbocycles. The maximum Gasteiger partial charge on any atom is -0.0414 e.